The molecule has 2 aliphatic rings. The van der Waals surface area contributed by atoms with Gasteiger partial charge in [-0.1, -0.05) is 49.1 Å². The van der Waals surface area contributed by atoms with Crippen LogP contribution in [0.1, 0.15) is 25.3 Å². The minimum Gasteiger partial charge on any atom is -0.479 e. The lowest BCUT2D eigenvalue weighted by atomic mass is 10.1. The number of carboxylic acids is 1. The molecule has 2 fully saturated rings. The lowest BCUT2D eigenvalue weighted by molar-refractivity contribution is -0.145. The summed E-state index contributed by atoms with van der Waals surface area (Å²) in [7, 11) is 0. The van der Waals surface area contributed by atoms with E-state index in [0.717, 1.165) is 39.3 Å². The molecule has 0 radical (unpaired) electrons. The number of morpholine rings is 1. The van der Waals surface area contributed by atoms with E-state index in [4.69, 9.17) is 21.7 Å². The van der Waals surface area contributed by atoms with Gasteiger partial charge in [0.05, 0.1) is 18.1 Å². The molecular weight excluding hydrogens is 424 g/mol. The van der Waals surface area contributed by atoms with E-state index in [1.54, 1.807) is 36.1 Å². The van der Waals surface area contributed by atoms with Gasteiger partial charge in [-0.3, -0.25) is 14.6 Å². The number of nitrogens with zero attached hydrogens (tertiary/aromatic N) is 2. The van der Waals surface area contributed by atoms with Gasteiger partial charge < -0.3 is 14.6 Å². The predicted molar refractivity (Wildman–Crippen MR) is 121 cm³/mol. The molecule has 3 rings (SSSR count). The molecule has 0 aromatic heterocycles. The fourth-order valence-electron chi connectivity index (χ4n) is 3.28. The Hall–Kier alpha value is -1.94. The average molecular weight is 451 g/mol. The second kappa shape index (κ2) is 10.9. The number of aliphatic carboxylic acids is 1. The van der Waals surface area contributed by atoms with Crippen LogP contribution in [0, 0.1) is 0 Å². The lowest BCUT2D eigenvalue weighted by Gasteiger charge is -2.27. The van der Waals surface area contributed by atoms with E-state index in [9.17, 15) is 14.7 Å². The molecule has 1 amide bonds. The third-order valence-electron chi connectivity index (χ3n) is 4.95. The molecule has 0 aliphatic carbocycles. The van der Waals surface area contributed by atoms with Crippen molar-refractivity contribution >= 4 is 46.3 Å². The van der Waals surface area contributed by atoms with Crippen molar-refractivity contribution in [2.24, 2.45) is 0 Å². The summed E-state index contributed by atoms with van der Waals surface area (Å²) in [5, 5.41) is 9.26. The van der Waals surface area contributed by atoms with Crippen LogP contribution < -0.4 is 4.74 Å². The first-order chi connectivity index (χ1) is 14.5. The normalized spacial score (nSPS) is 20.0. The van der Waals surface area contributed by atoms with E-state index in [-0.39, 0.29) is 5.91 Å². The number of rotatable bonds is 9. The van der Waals surface area contributed by atoms with Crippen molar-refractivity contribution in [2.75, 3.05) is 39.4 Å². The number of amides is 1. The van der Waals surface area contributed by atoms with E-state index in [2.05, 4.69) is 4.90 Å². The number of para-hydroxylation sites is 1. The van der Waals surface area contributed by atoms with E-state index >= 15 is 0 Å². The zero-order valence-corrected chi connectivity index (χ0v) is 18.5. The molecule has 162 valence electrons. The zero-order chi connectivity index (χ0) is 21.5. The van der Waals surface area contributed by atoms with E-state index < -0.39 is 12.1 Å². The Morgan fingerprint density at radius 1 is 1.33 bits per heavy atom. The molecule has 1 unspecified atom stereocenters. The molecule has 2 saturated heterocycles. The molecule has 1 aromatic carbocycles. The highest BCUT2D eigenvalue weighted by Gasteiger charge is 2.32. The lowest BCUT2D eigenvalue weighted by Crippen LogP contribution is -2.38. The van der Waals surface area contributed by atoms with Crippen molar-refractivity contribution in [3.8, 4) is 5.75 Å². The van der Waals surface area contributed by atoms with Gasteiger partial charge in [0, 0.05) is 31.7 Å². The van der Waals surface area contributed by atoms with Gasteiger partial charge in [-0.25, -0.2) is 4.79 Å². The number of hydrogen-bond acceptors (Lipinski definition) is 7. The maximum atomic E-state index is 12.9. The maximum Gasteiger partial charge on any atom is 0.344 e. The smallest absolute Gasteiger partial charge is 0.344 e. The molecule has 1 N–H and O–H groups in total. The Labute approximate surface area is 186 Å². The van der Waals surface area contributed by atoms with Crippen molar-refractivity contribution in [1.29, 1.82) is 0 Å². The highest BCUT2D eigenvalue weighted by Crippen LogP contribution is 2.34. The van der Waals surface area contributed by atoms with Gasteiger partial charge in [0.1, 0.15) is 10.1 Å². The molecule has 0 saturated carbocycles. The fourth-order valence-corrected chi connectivity index (χ4v) is 4.58. The minimum atomic E-state index is -1.01. The zero-order valence-electron chi connectivity index (χ0n) is 16.9. The third kappa shape index (κ3) is 5.81. The average Bonchev–Trinajstić information content (AvgIpc) is 3.01. The monoisotopic (exact) mass is 450 g/mol. The third-order valence-corrected chi connectivity index (χ3v) is 6.33. The van der Waals surface area contributed by atoms with Gasteiger partial charge in [-0.05, 0) is 25.0 Å². The van der Waals surface area contributed by atoms with E-state index in [1.807, 2.05) is 6.07 Å². The summed E-state index contributed by atoms with van der Waals surface area (Å²) in [4.78, 5) is 28.7. The van der Waals surface area contributed by atoms with Crippen LogP contribution in [0.2, 0.25) is 0 Å². The fraction of sp³-hybridized carbons (Fsp3) is 0.476. The second-order valence-corrected chi connectivity index (χ2v) is 8.71. The molecule has 1 atom stereocenters. The quantitative estimate of drug-likeness (QED) is 0.455. The summed E-state index contributed by atoms with van der Waals surface area (Å²) in [5.41, 5.74) is 0.658. The van der Waals surface area contributed by atoms with Crippen molar-refractivity contribution in [1.82, 2.24) is 9.80 Å². The Bertz CT molecular complexity index is 823. The van der Waals surface area contributed by atoms with Crippen LogP contribution in [-0.2, 0) is 14.3 Å². The maximum absolute atomic E-state index is 12.9. The van der Waals surface area contributed by atoms with Crippen molar-refractivity contribution < 1.29 is 24.2 Å². The summed E-state index contributed by atoms with van der Waals surface area (Å²) in [6.07, 6.45) is 1.98. The Balaban J connectivity index is 1.65. The highest BCUT2D eigenvalue weighted by molar-refractivity contribution is 8.26. The minimum absolute atomic E-state index is 0.118. The largest absolute Gasteiger partial charge is 0.479 e. The van der Waals surface area contributed by atoms with Crippen LogP contribution in [0.25, 0.3) is 6.08 Å². The van der Waals surface area contributed by atoms with Crippen LogP contribution in [0.4, 0.5) is 0 Å². The van der Waals surface area contributed by atoms with Crippen LogP contribution in [0.3, 0.4) is 0 Å². The van der Waals surface area contributed by atoms with Gasteiger partial charge in [-0.15, -0.1) is 0 Å². The number of hydrogen-bond donors (Lipinski definition) is 1. The number of thiocarbonyl (C=S) groups is 1. The number of carbonyl (C=O) groups excluding carboxylic acids is 1. The van der Waals surface area contributed by atoms with Crippen molar-refractivity contribution in [2.45, 2.75) is 25.9 Å². The van der Waals surface area contributed by atoms with Gasteiger partial charge >= 0.3 is 5.97 Å². The van der Waals surface area contributed by atoms with Crippen LogP contribution in [0.15, 0.2) is 29.2 Å². The molecule has 1 aromatic rings. The molecule has 7 nitrogen and oxygen atoms in total. The van der Waals surface area contributed by atoms with Crippen LogP contribution >= 0.6 is 24.0 Å². The van der Waals surface area contributed by atoms with Crippen molar-refractivity contribution in [3.05, 3.63) is 34.7 Å². The molecule has 0 bridgehead atoms. The van der Waals surface area contributed by atoms with Gasteiger partial charge in [0.25, 0.3) is 5.91 Å². The van der Waals surface area contributed by atoms with E-state index in [0.29, 0.717) is 33.5 Å². The van der Waals surface area contributed by atoms with Crippen molar-refractivity contribution in [3.63, 3.8) is 0 Å². The summed E-state index contributed by atoms with van der Waals surface area (Å²) >= 11 is 6.69. The van der Waals surface area contributed by atoms with Crippen LogP contribution in [0.5, 0.6) is 5.75 Å². The van der Waals surface area contributed by atoms with Gasteiger partial charge in [0.15, 0.2) is 6.10 Å². The number of carbonyl (C=O) groups is 2. The Kier molecular flexibility index (Phi) is 8.26. The summed E-state index contributed by atoms with van der Waals surface area (Å²) in [5.74, 6) is -0.699. The number of ether oxygens (including phenoxy) is 2. The summed E-state index contributed by atoms with van der Waals surface area (Å²) in [6.45, 7) is 6.59. The molecule has 9 heteroatoms. The second-order valence-electron chi connectivity index (χ2n) is 7.03. The van der Waals surface area contributed by atoms with E-state index in [1.165, 1.54) is 11.8 Å². The first-order valence-electron chi connectivity index (χ1n) is 10.0. The highest BCUT2D eigenvalue weighted by atomic mass is 32.2. The molecule has 30 heavy (non-hydrogen) atoms. The SMILES string of the molecule is CCC(Oc1ccccc1/C=C1/SC(=S)N(CCCN2CCOCC2)C1=O)C(=O)O. The molecule has 2 aliphatic heterocycles. The van der Waals surface area contributed by atoms with Crippen LogP contribution in [-0.4, -0.2) is 76.6 Å². The van der Waals surface area contributed by atoms with Gasteiger partial charge in [-0.2, -0.15) is 0 Å². The Morgan fingerprint density at radius 2 is 2.07 bits per heavy atom. The summed E-state index contributed by atoms with van der Waals surface area (Å²) < 4.78 is 11.6. The number of thioether (sulfide) groups is 1. The summed E-state index contributed by atoms with van der Waals surface area (Å²) in [6, 6.07) is 7.11. The number of carboxylic acid groups (broad SMARTS) is 1. The molecule has 0 spiro atoms. The first-order valence-corrected chi connectivity index (χ1v) is 11.3. The first kappa shape index (κ1) is 22.7. The topological polar surface area (TPSA) is 79.3 Å². The predicted octanol–water partition coefficient (Wildman–Crippen LogP) is 2.85. The molecular formula is C21H26N2O5S2. The van der Waals surface area contributed by atoms with Gasteiger partial charge in [0.2, 0.25) is 0 Å². The number of benzene rings is 1. The standard InChI is InChI=1S/C21H26N2O5S2/c1-2-16(20(25)26)28-17-7-4-3-6-15(17)14-18-19(24)23(21(29)30-18)9-5-8-22-10-12-27-13-11-22/h3-4,6-7,14,16H,2,5,8-13H2,1H3,(H,25,26)/b18-14+. The Morgan fingerprint density at radius 3 is 2.77 bits per heavy atom. The molecule has 2 heterocycles.